The van der Waals surface area contributed by atoms with Crippen molar-refractivity contribution in [2.75, 3.05) is 39.3 Å². The molecule has 0 aromatic carbocycles. The molecule has 2 rings (SSSR count). The lowest BCUT2D eigenvalue weighted by Crippen LogP contribution is -2.47. The van der Waals surface area contributed by atoms with Gasteiger partial charge in [0.1, 0.15) is 0 Å². The molecule has 2 aliphatic heterocycles. The van der Waals surface area contributed by atoms with Gasteiger partial charge in [-0.25, -0.2) is 4.79 Å². The molecule has 0 bridgehead atoms. The first-order valence-electron chi connectivity index (χ1n) is 6.69. The number of urea groups is 1. The molecule has 3 amide bonds. The van der Waals surface area contributed by atoms with Gasteiger partial charge in [0, 0.05) is 45.7 Å². The average molecular weight is 254 g/mol. The predicted molar refractivity (Wildman–Crippen MR) is 67.9 cm³/mol. The highest BCUT2D eigenvalue weighted by molar-refractivity contribution is 5.76. The molecule has 2 heterocycles. The van der Waals surface area contributed by atoms with E-state index in [2.05, 4.69) is 5.32 Å². The molecule has 6 nitrogen and oxygen atoms in total. The lowest BCUT2D eigenvalue weighted by molar-refractivity contribution is -0.133. The number of piperazine rings is 1. The Labute approximate surface area is 107 Å². The molecule has 2 saturated heterocycles. The van der Waals surface area contributed by atoms with Gasteiger partial charge in [-0.15, -0.1) is 0 Å². The predicted octanol–water partition coefficient (Wildman–Crippen LogP) is -0.401. The number of nitrogens with two attached hydrogens (primary N) is 1. The summed E-state index contributed by atoms with van der Waals surface area (Å²) < 4.78 is 0. The number of hydrogen-bond donors (Lipinski definition) is 2. The molecule has 3 N–H and O–H groups in total. The van der Waals surface area contributed by atoms with Crippen molar-refractivity contribution in [1.29, 1.82) is 0 Å². The van der Waals surface area contributed by atoms with Crippen LogP contribution in [0.5, 0.6) is 0 Å². The van der Waals surface area contributed by atoms with Crippen LogP contribution in [-0.4, -0.2) is 61.0 Å². The van der Waals surface area contributed by atoms with E-state index in [0.29, 0.717) is 25.4 Å². The van der Waals surface area contributed by atoms with Crippen LogP contribution in [0, 0.1) is 5.92 Å². The Hall–Kier alpha value is -1.30. The van der Waals surface area contributed by atoms with Crippen LogP contribution in [0.15, 0.2) is 0 Å². The van der Waals surface area contributed by atoms with Crippen molar-refractivity contribution >= 4 is 11.9 Å². The van der Waals surface area contributed by atoms with Crippen molar-refractivity contribution in [3.05, 3.63) is 0 Å². The number of carbonyl (C=O) groups is 2. The van der Waals surface area contributed by atoms with Crippen molar-refractivity contribution < 1.29 is 9.59 Å². The SMILES string of the molecule is NC(=O)N1CCC(CC(=O)N2CCNCC2)CC1. The monoisotopic (exact) mass is 254 g/mol. The van der Waals surface area contributed by atoms with Gasteiger partial charge in [-0.3, -0.25) is 4.79 Å². The van der Waals surface area contributed by atoms with E-state index in [4.69, 9.17) is 5.73 Å². The lowest BCUT2D eigenvalue weighted by Gasteiger charge is -2.33. The lowest BCUT2D eigenvalue weighted by atomic mass is 9.93. The molecule has 0 aromatic rings. The molecular formula is C12H22N4O2. The van der Waals surface area contributed by atoms with Crippen LogP contribution < -0.4 is 11.1 Å². The first-order valence-corrected chi connectivity index (χ1v) is 6.69. The number of carbonyl (C=O) groups excluding carboxylic acids is 2. The number of rotatable bonds is 2. The maximum absolute atomic E-state index is 12.1. The van der Waals surface area contributed by atoms with E-state index >= 15 is 0 Å². The summed E-state index contributed by atoms with van der Waals surface area (Å²) in [6, 6.07) is -0.345. The Morgan fingerprint density at radius 2 is 1.67 bits per heavy atom. The number of nitrogens with one attached hydrogen (secondary N) is 1. The molecule has 0 aromatic heterocycles. The molecule has 0 atom stereocenters. The summed E-state index contributed by atoms with van der Waals surface area (Å²) in [5.74, 6) is 0.664. The van der Waals surface area contributed by atoms with Crippen LogP contribution in [0.4, 0.5) is 4.79 Å². The van der Waals surface area contributed by atoms with Gasteiger partial charge >= 0.3 is 6.03 Å². The number of likely N-dealkylation sites (tertiary alicyclic amines) is 1. The Bertz CT molecular complexity index is 307. The van der Waals surface area contributed by atoms with Crippen LogP contribution in [0.1, 0.15) is 19.3 Å². The minimum Gasteiger partial charge on any atom is -0.351 e. The highest BCUT2D eigenvalue weighted by Crippen LogP contribution is 2.21. The zero-order valence-corrected chi connectivity index (χ0v) is 10.7. The Morgan fingerprint density at radius 1 is 1.06 bits per heavy atom. The first kappa shape index (κ1) is 13.1. The summed E-state index contributed by atoms with van der Waals surface area (Å²) in [6.45, 7) is 4.80. The Morgan fingerprint density at radius 3 is 2.22 bits per heavy atom. The van der Waals surface area contributed by atoms with Crippen LogP contribution in [0.25, 0.3) is 0 Å². The van der Waals surface area contributed by atoms with Crippen LogP contribution in [0.3, 0.4) is 0 Å². The van der Waals surface area contributed by atoms with E-state index in [-0.39, 0.29) is 11.9 Å². The summed E-state index contributed by atoms with van der Waals surface area (Å²) in [5.41, 5.74) is 5.24. The second-order valence-corrected chi connectivity index (χ2v) is 5.10. The zero-order valence-electron chi connectivity index (χ0n) is 10.7. The quantitative estimate of drug-likeness (QED) is 0.703. The topological polar surface area (TPSA) is 78.7 Å². The number of piperidine rings is 1. The van der Waals surface area contributed by atoms with Gasteiger partial charge < -0.3 is 20.9 Å². The Kier molecular flexibility index (Phi) is 4.41. The van der Waals surface area contributed by atoms with E-state index in [0.717, 1.165) is 39.0 Å². The van der Waals surface area contributed by atoms with Gasteiger partial charge in [-0.2, -0.15) is 0 Å². The van der Waals surface area contributed by atoms with Crippen LogP contribution in [-0.2, 0) is 4.79 Å². The summed E-state index contributed by atoms with van der Waals surface area (Å²) in [5, 5.41) is 3.24. The van der Waals surface area contributed by atoms with Gasteiger partial charge in [-0.1, -0.05) is 0 Å². The first-order chi connectivity index (χ1) is 8.66. The minimum absolute atomic E-state index is 0.258. The van der Waals surface area contributed by atoms with Crippen molar-refractivity contribution in [2.45, 2.75) is 19.3 Å². The largest absolute Gasteiger partial charge is 0.351 e. The van der Waals surface area contributed by atoms with Crippen molar-refractivity contribution in [2.24, 2.45) is 11.7 Å². The molecule has 0 unspecified atom stereocenters. The molecule has 0 spiro atoms. The molecule has 2 fully saturated rings. The highest BCUT2D eigenvalue weighted by Gasteiger charge is 2.25. The summed E-state index contributed by atoms with van der Waals surface area (Å²) in [6.07, 6.45) is 2.40. The van der Waals surface area contributed by atoms with Crippen LogP contribution in [0.2, 0.25) is 0 Å². The van der Waals surface area contributed by atoms with Crippen LogP contribution >= 0.6 is 0 Å². The maximum atomic E-state index is 12.1. The summed E-state index contributed by atoms with van der Waals surface area (Å²) in [7, 11) is 0. The molecule has 6 heteroatoms. The van der Waals surface area contributed by atoms with Gasteiger partial charge in [0.15, 0.2) is 0 Å². The second-order valence-electron chi connectivity index (χ2n) is 5.10. The minimum atomic E-state index is -0.345. The highest BCUT2D eigenvalue weighted by atomic mass is 16.2. The molecular weight excluding hydrogens is 232 g/mol. The van der Waals surface area contributed by atoms with E-state index in [1.165, 1.54) is 0 Å². The number of amides is 3. The van der Waals surface area contributed by atoms with E-state index in [1.807, 2.05) is 4.90 Å². The second kappa shape index (κ2) is 6.04. The number of primary amides is 1. The average Bonchev–Trinajstić information content (AvgIpc) is 2.40. The third kappa shape index (κ3) is 3.35. The normalized spacial score (nSPS) is 22.0. The van der Waals surface area contributed by atoms with Gasteiger partial charge in [0.2, 0.25) is 5.91 Å². The van der Waals surface area contributed by atoms with E-state index < -0.39 is 0 Å². The van der Waals surface area contributed by atoms with E-state index in [1.54, 1.807) is 4.90 Å². The molecule has 102 valence electrons. The molecule has 18 heavy (non-hydrogen) atoms. The summed E-state index contributed by atoms with van der Waals surface area (Å²) >= 11 is 0. The molecule has 0 saturated carbocycles. The molecule has 0 aliphatic carbocycles. The van der Waals surface area contributed by atoms with Crippen molar-refractivity contribution in [3.8, 4) is 0 Å². The number of nitrogens with zero attached hydrogens (tertiary/aromatic N) is 2. The fourth-order valence-corrected chi connectivity index (χ4v) is 2.65. The van der Waals surface area contributed by atoms with E-state index in [9.17, 15) is 9.59 Å². The van der Waals surface area contributed by atoms with Crippen molar-refractivity contribution in [3.63, 3.8) is 0 Å². The Balaban J connectivity index is 1.73. The zero-order chi connectivity index (χ0) is 13.0. The van der Waals surface area contributed by atoms with Crippen molar-refractivity contribution in [1.82, 2.24) is 15.1 Å². The third-order valence-corrected chi connectivity index (χ3v) is 3.86. The maximum Gasteiger partial charge on any atom is 0.314 e. The van der Waals surface area contributed by atoms with Gasteiger partial charge in [0.05, 0.1) is 0 Å². The molecule has 2 aliphatic rings. The smallest absolute Gasteiger partial charge is 0.314 e. The third-order valence-electron chi connectivity index (χ3n) is 3.86. The fraction of sp³-hybridized carbons (Fsp3) is 0.833. The summed E-state index contributed by atoms with van der Waals surface area (Å²) in [4.78, 5) is 26.7. The molecule has 0 radical (unpaired) electrons. The van der Waals surface area contributed by atoms with Gasteiger partial charge in [-0.05, 0) is 18.8 Å². The standard InChI is InChI=1S/C12H22N4O2/c13-12(18)16-5-1-10(2-6-16)9-11(17)15-7-3-14-4-8-15/h10,14H,1-9H2,(H2,13,18). The van der Waals surface area contributed by atoms with Gasteiger partial charge in [0.25, 0.3) is 0 Å². The fourth-order valence-electron chi connectivity index (χ4n) is 2.65. The number of hydrogen-bond acceptors (Lipinski definition) is 3.